The zero-order valence-corrected chi connectivity index (χ0v) is 12.8. The van der Waals surface area contributed by atoms with Crippen LogP contribution in [0.25, 0.3) is 21.6 Å². The van der Waals surface area contributed by atoms with Crippen LogP contribution in [0.5, 0.6) is 0 Å². The number of nitrogens with zero attached hydrogens (tertiary/aromatic N) is 2. The Kier molecular flexibility index (Phi) is 2.93. The molecule has 2 aromatic heterocycles. The first kappa shape index (κ1) is 12.8. The fourth-order valence-electron chi connectivity index (χ4n) is 3.04. The number of hydrogen-bond donors (Lipinski definition) is 1. The highest BCUT2D eigenvalue weighted by Gasteiger charge is 2.21. The van der Waals surface area contributed by atoms with E-state index in [0.29, 0.717) is 5.82 Å². The first-order valence-electron chi connectivity index (χ1n) is 7.43. The summed E-state index contributed by atoms with van der Waals surface area (Å²) in [5.41, 5.74) is 9.97. The van der Waals surface area contributed by atoms with Gasteiger partial charge in [0, 0.05) is 10.4 Å². The molecule has 3 aromatic rings. The second kappa shape index (κ2) is 4.81. The number of aromatic nitrogens is 2. The van der Waals surface area contributed by atoms with Gasteiger partial charge in [-0.25, -0.2) is 9.97 Å². The summed E-state index contributed by atoms with van der Waals surface area (Å²) in [5.74, 6) is 1.37. The molecule has 1 aliphatic carbocycles. The van der Waals surface area contributed by atoms with Crippen LogP contribution in [-0.2, 0) is 19.3 Å². The molecule has 0 unspecified atom stereocenters. The lowest BCUT2D eigenvalue weighted by Gasteiger charge is -2.05. The lowest BCUT2D eigenvalue weighted by atomic mass is 10.1. The third-order valence-corrected chi connectivity index (χ3v) is 5.40. The Bertz CT molecular complexity index is 818. The van der Waals surface area contributed by atoms with E-state index >= 15 is 0 Å². The highest BCUT2D eigenvalue weighted by Crippen LogP contribution is 2.39. The Balaban J connectivity index is 1.86. The molecule has 0 amide bonds. The molecular formula is C17H17N3S. The van der Waals surface area contributed by atoms with Crippen LogP contribution in [0.2, 0.25) is 0 Å². The first-order chi connectivity index (χ1) is 10.3. The molecule has 0 spiro atoms. The lowest BCUT2D eigenvalue weighted by molar-refractivity contribution is 0.917. The molecule has 3 nitrogen and oxygen atoms in total. The third-order valence-electron chi connectivity index (χ3n) is 4.21. The van der Waals surface area contributed by atoms with Crippen molar-refractivity contribution >= 4 is 27.4 Å². The van der Waals surface area contributed by atoms with Crippen molar-refractivity contribution < 1.29 is 0 Å². The third kappa shape index (κ3) is 2.02. The van der Waals surface area contributed by atoms with Crippen LogP contribution in [0.4, 0.5) is 5.82 Å². The quantitative estimate of drug-likeness (QED) is 0.777. The van der Waals surface area contributed by atoms with Crippen molar-refractivity contribution in [1.29, 1.82) is 0 Å². The van der Waals surface area contributed by atoms with E-state index in [1.165, 1.54) is 22.4 Å². The number of hydrogen-bond acceptors (Lipinski definition) is 4. The van der Waals surface area contributed by atoms with Gasteiger partial charge in [0.1, 0.15) is 10.6 Å². The molecule has 1 aromatic carbocycles. The summed E-state index contributed by atoms with van der Waals surface area (Å²) in [5, 5.41) is 1.10. The molecule has 1 aliphatic rings. The lowest BCUT2D eigenvalue weighted by Crippen LogP contribution is -1.97. The van der Waals surface area contributed by atoms with E-state index in [1.807, 2.05) is 0 Å². The van der Waals surface area contributed by atoms with Crippen molar-refractivity contribution in [1.82, 2.24) is 9.97 Å². The molecule has 2 heterocycles. The highest BCUT2D eigenvalue weighted by molar-refractivity contribution is 7.19. The van der Waals surface area contributed by atoms with Gasteiger partial charge in [-0.2, -0.15) is 0 Å². The summed E-state index contributed by atoms with van der Waals surface area (Å²) in [7, 11) is 0. The Morgan fingerprint density at radius 2 is 1.95 bits per heavy atom. The minimum atomic E-state index is 0.633. The molecule has 0 radical (unpaired) electrons. The summed E-state index contributed by atoms with van der Waals surface area (Å²) in [6.45, 7) is 2.16. The SMILES string of the molecule is CCc1ccc(-c2nc(N)c3c4c(sc3n2)CCC4)cc1. The van der Waals surface area contributed by atoms with Gasteiger partial charge in [0.2, 0.25) is 0 Å². The Morgan fingerprint density at radius 1 is 1.14 bits per heavy atom. The molecule has 0 saturated carbocycles. The van der Waals surface area contributed by atoms with Gasteiger partial charge in [-0.1, -0.05) is 31.2 Å². The van der Waals surface area contributed by atoms with Gasteiger partial charge in [0.05, 0.1) is 5.39 Å². The molecule has 0 bridgehead atoms. The molecule has 0 saturated heterocycles. The number of thiophene rings is 1. The predicted molar refractivity (Wildman–Crippen MR) is 88.7 cm³/mol. The average Bonchev–Trinajstić information content (AvgIpc) is 3.07. The molecule has 106 valence electrons. The smallest absolute Gasteiger partial charge is 0.163 e. The fourth-order valence-corrected chi connectivity index (χ4v) is 4.31. The predicted octanol–water partition coefficient (Wildman–Crippen LogP) is 3.99. The van der Waals surface area contributed by atoms with Crippen LogP contribution in [0.1, 0.15) is 29.3 Å². The molecule has 4 rings (SSSR count). The summed E-state index contributed by atoms with van der Waals surface area (Å²) in [4.78, 5) is 11.8. The normalized spacial score (nSPS) is 13.8. The molecule has 0 atom stereocenters. The Hall–Kier alpha value is -1.94. The van der Waals surface area contributed by atoms with Gasteiger partial charge in [0.25, 0.3) is 0 Å². The fraction of sp³-hybridized carbons (Fsp3) is 0.294. The zero-order valence-electron chi connectivity index (χ0n) is 12.0. The maximum absolute atomic E-state index is 6.22. The highest BCUT2D eigenvalue weighted by atomic mass is 32.1. The summed E-state index contributed by atoms with van der Waals surface area (Å²) in [6.07, 6.45) is 4.56. The second-order valence-electron chi connectivity index (χ2n) is 5.52. The molecular weight excluding hydrogens is 278 g/mol. The summed E-state index contributed by atoms with van der Waals surface area (Å²) in [6, 6.07) is 8.43. The number of rotatable bonds is 2. The molecule has 0 aliphatic heterocycles. The number of aryl methyl sites for hydroxylation is 3. The minimum Gasteiger partial charge on any atom is -0.383 e. The number of anilines is 1. The van der Waals surface area contributed by atoms with E-state index in [1.54, 1.807) is 11.3 Å². The van der Waals surface area contributed by atoms with Crippen molar-refractivity contribution in [3.05, 3.63) is 40.3 Å². The molecule has 2 N–H and O–H groups in total. The van der Waals surface area contributed by atoms with E-state index in [0.717, 1.165) is 40.9 Å². The number of benzene rings is 1. The van der Waals surface area contributed by atoms with Gasteiger partial charge < -0.3 is 5.73 Å². The van der Waals surface area contributed by atoms with Crippen molar-refractivity contribution in [3.8, 4) is 11.4 Å². The van der Waals surface area contributed by atoms with Gasteiger partial charge in [-0.05, 0) is 36.8 Å². The topological polar surface area (TPSA) is 51.8 Å². The van der Waals surface area contributed by atoms with Crippen LogP contribution in [0.3, 0.4) is 0 Å². The minimum absolute atomic E-state index is 0.633. The summed E-state index contributed by atoms with van der Waals surface area (Å²) < 4.78 is 0. The first-order valence-corrected chi connectivity index (χ1v) is 8.25. The van der Waals surface area contributed by atoms with Gasteiger partial charge >= 0.3 is 0 Å². The van der Waals surface area contributed by atoms with Crippen molar-refractivity contribution in [2.45, 2.75) is 32.6 Å². The van der Waals surface area contributed by atoms with Gasteiger partial charge in [-0.3, -0.25) is 0 Å². The van der Waals surface area contributed by atoms with Crippen molar-refractivity contribution in [2.75, 3.05) is 5.73 Å². The van der Waals surface area contributed by atoms with E-state index in [-0.39, 0.29) is 0 Å². The molecule has 0 fully saturated rings. The monoisotopic (exact) mass is 295 g/mol. The van der Waals surface area contributed by atoms with Gasteiger partial charge in [-0.15, -0.1) is 11.3 Å². The van der Waals surface area contributed by atoms with E-state index in [2.05, 4.69) is 36.2 Å². The summed E-state index contributed by atoms with van der Waals surface area (Å²) >= 11 is 1.79. The largest absolute Gasteiger partial charge is 0.383 e. The van der Waals surface area contributed by atoms with E-state index in [4.69, 9.17) is 10.7 Å². The van der Waals surface area contributed by atoms with Crippen LogP contribution < -0.4 is 5.73 Å². The molecule has 4 heteroatoms. The standard InChI is InChI=1S/C17H17N3S/c1-2-10-6-8-11(9-7-10)16-19-15(18)14-12-4-3-5-13(12)21-17(14)20-16/h6-9H,2-5H2,1H3,(H2,18,19,20). The molecule has 21 heavy (non-hydrogen) atoms. The van der Waals surface area contributed by atoms with Crippen LogP contribution in [-0.4, -0.2) is 9.97 Å². The van der Waals surface area contributed by atoms with Crippen molar-refractivity contribution in [2.24, 2.45) is 0 Å². The number of nitrogens with two attached hydrogens (primary N) is 1. The maximum atomic E-state index is 6.22. The second-order valence-corrected chi connectivity index (χ2v) is 6.60. The Morgan fingerprint density at radius 3 is 2.71 bits per heavy atom. The maximum Gasteiger partial charge on any atom is 0.163 e. The Labute approximate surface area is 127 Å². The van der Waals surface area contributed by atoms with E-state index in [9.17, 15) is 0 Å². The van der Waals surface area contributed by atoms with Gasteiger partial charge in [0.15, 0.2) is 5.82 Å². The average molecular weight is 295 g/mol. The zero-order chi connectivity index (χ0) is 14.4. The van der Waals surface area contributed by atoms with E-state index < -0.39 is 0 Å². The van der Waals surface area contributed by atoms with Crippen LogP contribution in [0.15, 0.2) is 24.3 Å². The number of nitrogen functional groups attached to an aromatic ring is 1. The number of fused-ring (bicyclic) bond motifs is 3. The van der Waals surface area contributed by atoms with Crippen LogP contribution >= 0.6 is 11.3 Å². The van der Waals surface area contributed by atoms with Crippen molar-refractivity contribution in [3.63, 3.8) is 0 Å². The van der Waals surface area contributed by atoms with Crippen LogP contribution in [0, 0.1) is 0 Å².